The Hall–Kier alpha value is -2.05. The number of anilines is 1. The van der Waals surface area contributed by atoms with Crippen LogP contribution in [0.25, 0.3) is 0 Å². The topological polar surface area (TPSA) is 51.8 Å². The van der Waals surface area contributed by atoms with E-state index in [2.05, 4.69) is 21.8 Å². The highest BCUT2D eigenvalue weighted by Gasteiger charge is 1.96. The molecule has 0 radical (unpaired) electrons. The lowest BCUT2D eigenvalue weighted by atomic mass is 10.2. The minimum absolute atomic E-state index is 0. The largest absolute Gasteiger partial charge is 0.396 e. The highest BCUT2D eigenvalue weighted by molar-refractivity contribution is 5.85. The van der Waals surface area contributed by atoms with Gasteiger partial charge in [0.05, 0.1) is 5.69 Å². The molecule has 2 aromatic rings. The van der Waals surface area contributed by atoms with E-state index in [1.165, 1.54) is 0 Å². The average Bonchev–Trinajstić information content (AvgIpc) is 2.32. The molecule has 0 fully saturated rings. The van der Waals surface area contributed by atoms with Gasteiger partial charge >= 0.3 is 0 Å². The molecule has 2 aromatic heterocycles. The Balaban J connectivity index is 0.00000144. The zero-order chi connectivity index (χ0) is 11.4. The van der Waals surface area contributed by atoms with Gasteiger partial charge in [0.15, 0.2) is 0 Å². The molecule has 3 nitrogen and oxygen atoms in total. The van der Waals surface area contributed by atoms with Gasteiger partial charge in [0.25, 0.3) is 0 Å². The number of nitrogen functional groups attached to an aromatic ring is 1. The van der Waals surface area contributed by atoms with Gasteiger partial charge < -0.3 is 5.73 Å². The summed E-state index contributed by atoms with van der Waals surface area (Å²) in [6.07, 6.45) is 3.42. The van der Waals surface area contributed by atoms with Gasteiger partial charge in [-0.1, -0.05) is 5.92 Å². The number of hydrogen-bond donors (Lipinski definition) is 1. The standard InChI is InChI=1S/C13H11N3.ClH/c1-10-4-6-12(14)13(16-10)7-5-11-3-2-8-15-9-11;/h2-4,6,8-9H,14H2,1H3;1H. The number of aromatic nitrogens is 2. The first-order valence-corrected chi connectivity index (χ1v) is 4.91. The molecular weight excluding hydrogens is 234 g/mol. The fourth-order valence-corrected chi connectivity index (χ4v) is 1.24. The maximum atomic E-state index is 5.77. The van der Waals surface area contributed by atoms with E-state index < -0.39 is 0 Å². The Morgan fingerprint density at radius 3 is 2.71 bits per heavy atom. The lowest BCUT2D eigenvalue weighted by molar-refractivity contribution is 1.18. The zero-order valence-electron chi connectivity index (χ0n) is 9.34. The molecule has 0 saturated heterocycles. The SMILES string of the molecule is Cc1ccc(N)c(C#Cc2cccnc2)n1.Cl. The average molecular weight is 246 g/mol. The van der Waals surface area contributed by atoms with Gasteiger partial charge in [-0.25, -0.2) is 4.98 Å². The molecule has 2 N–H and O–H groups in total. The van der Waals surface area contributed by atoms with E-state index in [1.54, 1.807) is 12.4 Å². The minimum Gasteiger partial charge on any atom is -0.396 e. The van der Waals surface area contributed by atoms with Crippen LogP contribution in [0.15, 0.2) is 36.7 Å². The van der Waals surface area contributed by atoms with Gasteiger partial charge in [-0.2, -0.15) is 0 Å². The summed E-state index contributed by atoms with van der Waals surface area (Å²) in [4.78, 5) is 8.25. The molecule has 0 atom stereocenters. The highest BCUT2D eigenvalue weighted by atomic mass is 35.5. The van der Waals surface area contributed by atoms with Crippen molar-refractivity contribution >= 4 is 18.1 Å². The first-order valence-electron chi connectivity index (χ1n) is 4.91. The summed E-state index contributed by atoms with van der Waals surface area (Å²) < 4.78 is 0. The first kappa shape index (κ1) is 13.0. The Labute approximate surface area is 107 Å². The van der Waals surface area contributed by atoms with Crippen LogP contribution in [-0.2, 0) is 0 Å². The third-order valence-electron chi connectivity index (χ3n) is 2.05. The Morgan fingerprint density at radius 1 is 1.18 bits per heavy atom. The summed E-state index contributed by atoms with van der Waals surface area (Å²) in [7, 11) is 0. The summed E-state index contributed by atoms with van der Waals surface area (Å²) in [6, 6.07) is 7.42. The molecule has 2 rings (SSSR count). The van der Waals surface area contributed by atoms with Crippen molar-refractivity contribution in [1.82, 2.24) is 9.97 Å². The maximum absolute atomic E-state index is 5.77. The van der Waals surface area contributed by atoms with E-state index in [1.807, 2.05) is 31.2 Å². The molecule has 86 valence electrons. The van der Waals surface area contributed by atoms with E-state index in [0.29, 0.717) is 11.4 Å². The number of hydrogen-bond acceptors (Lipinski definition) is 3. The van der Waals surface area contributed by atoms with E-state index >= 15 is 0 Å². The zero-order valence-corrected chi connectivity index (χ0v) is 10.2. The van der Waals surface area contributed by atoms with Crippen LogP contribution in [0.4, 0.5) is 5.69 Å². The lowest BCUT2D eigenvalue weighted by Gasteiger charge is -1.97. The van der Waals surface area contributed by atoms with Crippen LogP contribution in [0.2, 0.25) is 0 Å². The highest BCUT2D eigenvalue weighted by Crippen LogP contribution is 2.07. The molecule has 0 saturated carbocycles. The van der Waals surface area contributed by atoms with Crippen molar-refractivity contribution in [3.63, 3.8) is 0 Å². The molecule has 0 aromatic carbocycles. The molecule has 0 bridgehead atoms. The number of pyridine rings is 2. The number of nitrogens with two attached hydrogens (primary N) is 1. The quantitative estimate of drug-likeness (QED) is 0.724. The van der Waals surface area contributed by atoms with Crippen molar-refractivity contribution in [2.24, 2.45) is 0 Å². The number of nitrogens with zero attached hydrogens (tertiary/aromatic N) is 2. The first-order chi connectivity index (χ1) is 7.75. The molecule has 17 heavy (non-hydrogen) atoms. The van der Waals surface area contributed by atoms with Gasteiger partial charge in [0.2, 0.25) is 0 Å². The van der Waals surface area contributed by atoms with Gasteiger partial charge in [-0.3, -0.25) is 4.98 Å². The third kappa shape index (κ3) is 3.47. The fourth-order valence-electron chi connectivity index (χ4n) is 1.24. The van der Waals surface area contributed by atoms with Crippen LogP contribution < -0.4 is 5.73 Å². The van der Waals surface area contributed by atoms with Crippen LogP contribution >= 0.6 is 12.4 Å². The minimum atomic E-state index is 0. The van der Waals surface area contributed by atoms with Crippen molar-refractivity contribution in [3.8, 4) is 11.8 Å². The predicted molar refractivity (Wildman–Crippen MR) is 70.9 cm³/mol. The molecule has 0 aliphatic rings. The van der Waals surface area contributed by atoms with E-state index in [4.69, 9.17) is 5.73 Å². The molecule has 2 heterocycles. The second kappa shape index (κ2) is 5.88. The number of aryl methyl sites for hydroxylation is 1. The van der Waals surface area contributed by atoms with Gasteiger partial charge in [-0.05, 0) is 37.1 Å². The van der Waals surface area contributed by atoms with E-state index in [0.717, 1.165) is 11.3 Å². The molecule has 0 unspecified atom stereocenters. The summed E-state index contributed by atoms with van der Waals surface area (Å²) in [5.74, 6) is 5.92. The van der Waals surface area contributed by atoms with Crippen LogP contribution in [0.1, 0.15) is 17.0 Å². The van der Waals surface area contributed by atoms with Crippen LogP contribution in [0.3, 0.4) is 0 Å². The third-order valence-corrected chi connectivity index (χ3v) is 2.05. The lowest BCUT2D eigenvalue weighted by Crippen LogP contribution is -1.95. The Bertz CT molecular complexity index is 556. The number of halogens is 1. The summed E-state index contributed by atoms with van der Waals surface area (Å²) in [6.45, 7) is 1.91. The second-order valence-electron chi connectivity index (χ2n) is 3.38. The van der Waals surface area contributed by atoms with Crippen molar-refractivity contribution < 1.29 is 0 Å². The van der Waals surface area contributed by atoms with Crippen molar-refractivity contribution in [3.05, 3.63) is 53.6 Å². The predicted octanol–water partition coefficient (Wildman–Crippen LogP) is 2.19. The Kier molecular flexibility index (Phi) is 4.50. The van der Waals surface area contributed by atoms with Crippen molar-refractivity contribution in [2.45, 2.75) is 6.92 Å². The van der Waals surface area contributed by atoms with Crippen LogP contribution in [0, 0.1) is 18.8 Å². The molecule has 0 spiro atoms. The van der Waals surface area contributed by atoms with E-state index in [9.17, 15) is 0 Å². The van der Waals surface area contributed by atoms with Gasteiger partial charge in [0.1, 0.15) is 5.69 Å². The Morgan fingerprint density at radius 2 is 2.00 bits per heavy atom. The maximum Gasteiger partial charge on any atom is 0.136 e. The monoisotopic (exact) mass is 245 g/mol. The molecular formula is C13H12ClN3. The van der Waals surface area contributed by atoms with Crippen LogP contribution in [0.5, 0.6) is 0 Å². The molecule has 0 aliphatic heterocycles. The van der Waals surface area contributed by atoms with Gasteiger partial charge in [0, 0.05) is 23.7 Å². The normalized spacial score (nSPS) is 8.76. The number of rotatable bonds is 0. The summed E-state index contributed by atoms with van der Waals surface area (Å²) in [5, 5.41) is 0. The van der Waals surface area contributed by atoms with E-state index in [-0.39, 0.29) is 12.4 Å². The summed E-state index contributed by atoms with van der Waals surface area (Å²) >= 11 is 0. The summed E-state index contributed by atoms with van der Waals surface area (Å²) in [5.41, 5.74) is 8.75. The molecule has 4 heteroatoms. The molecule has 0 amide bonds. The van der Waals surface area contributed by atoms with Crippen molar-refractivity contribution in [1.29, 1.82) is 0 Å². The molecule has 0 aliphatic carbocycles. The fraction of sp³-hybridized carbons (Fsp3) is 0.0769. The van der Waals surface area contributed by atoms with Crippen molar-refractivity contribution in [2.75, 3.05) is 5.73 Å². The second-order valence-corrected chi connectivity index (χ2v) is 3.38. The van der Waals surface area contributed by atoms with Crippen LogP contribution in [-0.4, -0.2) is 9.97 Å². The smallest absolute Gasteiger partial charge is 0.136 e. The van der Waals surface area contributed by atoms with Gasteiger partial charge in [-0.15, -0.1) is 12.4 Å².